The number of nitrogens with two attached hydrogens (primary N) is 2. The first-order valence-electron chi connectivity index (χ1n) is 9.28. The van der Waals surface area contributed by atoms with Crippen LogP contribution in [0.15, 0.2) is 9.59 Å². The maximum absolute atomic E-state index is 11.6. The summed E-state index contributed by atoms with van der Waals surface area (Å²) >= 11 is 0. The van der Waals surface area contributed by atoms with Gasteiger partial charge in [0.15, 0.2) is 0 Å². The highest BCUT2D eigenvalue weighted by molar-refractivity contribution is 5.61. The van der Waals surface area contributed by atoms with Gasteiger partial charge in [0.2, 0.25) is 0 Å². The van der Waals surface area contributed by atoms with Gasteiger partial charge in [0.1, 0.15) is 23.0 Å². The van der Waals surface area contributed by atoms with Gasteiger partial charge in [0, 0.05) is 39.3 Å². The smallest absolute Gasteiger partial charge is 0.292 e. The third-order valence-corrected chi connectivity index (χ3v) is 4.77. The molecule has 0 unspecified atom stereocenters. The topological polar surface area (TPSA) is 150 Å². The Morgan fingerprint density at radius 2 is 1.30 bits per heavy atom. The fourth-order valence-electron chi connectivity index (χ4n) is 3.58. The summed E-state index contributed by atoms with van der Waals surface area (Å²) in [6.45, 7) is 6.41. The van der Waals surface area contributed by atoms with Crippen molar-refractivity contribution in [2.24, 2.45) is 0 Å². The number of aliphatic hydroxyl groups is 1. The maximum Gasteiger partial charge on any atom is 0.292 e. The molecule has 0 fully saturated rings. The van der Waals surface area contributed by atoms with Crippen LogP contribution in [-0.2, 0) is 26.2 Å². The van der Waals surface area contributed by atoms with Gasteiger partial charge in [-0.1, -0.05) is 0 Å². The maximum atomic E-state index is 11.6. The monoisotopic (exact) mass is 380 g/mol. The van der Waals surface area contributed by atoms with E-state index in [1.54, 1.807) is 9.36 Å². The van der Waals surface area contributed by atoms with E-state index >= 15 is 0 Å². The van der Waals surface area contributed by atoms with Gasteiger partial charge in [0.05, 0.1) is 6.61 Å². The van der Waals surface area contributed by atoms with Crippen LogP contribution < -0.4 is 33.2 Å². The number of nitrogen functional groups attached to an aromatic ring is 2. The molecule has 0 spiro atoms. The zero-order chi connectivity index (χ0) is 19.6. The number of hydrogen-bond acceptors (Lipinski definition) is 7. The zero-order valence-corrected chi connectivity index (χ0v) is 15.6. The van der Waals surface area contributed by atoms with E-state index in [2.05, 4.69) is 10.6 Å². The Kier molecular flexibility index (Phi) is 5.49. The molecule has 0 atom stereocenters. The predicted octanol–water partition coefficient (Wildman–Crippen LogP) is -0.893. The molecule has 0 saturated carbocycles. The molecule has 0 bridgehead atoms. The molecule has 0 aliphatic carbocycles. The first-order chi connectivity index (χ1) is 13.0. The van der Waals surface area contributed by atoms with Crippen molar-refractivity contribution in [2.45, 2.75) is 45.9 Å². The summed E-state index contributed by atoms with van der Waals surface area (Å²) in [4.78, 5) is 23.1. The Hall–Kier alpha value is -2.82. The number of hydrogen-bond donors (Lipinski definition) is 5. The average Bonchev–Trinajstić information content (AvgIpc) is 3.41. The first kappa shape index (κ1) is 19.0. The van der Waals surface area contributed by atoms with Crippen LogP contribution in [0.1, 0.15) is 19.8 Å². The van der Waals surface area contributed by atoms with E-state index in [0.717, 1.165) is 51.4 Å². The highest BCUT2D eigenvalue weighted by atomic mass is 16.3. The van der Waals surface area contributed by atoms with Crippen LogP contribution in [0.25, 0.3) is 0 Å². The number of fused-ring (bicyclic) bond motifs is 2. The molecule has 2 aromatic rings. The largest absolute Gasteiger partial charge is 0.395 e. The first-order valence-corrected chi connectivity index (χ1v) is 9.28. The third kappa shape index (κ3) is 3.29. The Labute approximate surface area is 156 Å². The predicted molar refractivity (Wildman–Crippen MR) is 105 cm³/mol. The van der Waals surface area contributed by atoms with Gasteiger partial charge < -0.3 is 27.2 Å². The third-order valence-electron chi connectivity index (χ3n) is 4.77. The fourth-order valence-corrected chi connectivity index (χ4v) is 3.58. The molecule has 2 aromatic heterocycles. The van der Waals surface area contributed by atoms with Crippen molar-refractivity contribution in [3.05, 3.63) is 20.7 Å². The summed E-state index contributed by atoms with van der Waals surface area (Å²) in [5, 5.41) is 14.7. The molecule has 0 radical (unpaired) electrons. The number of nitrogens with zero attached hydrogens (tertiary/aromatic N) is 4. The molecule has 7 N–H and O–H groups in total. The molecule has 0 saturated heterocycles. The minimum absolute atomic E-state index is 0.0266. The molecule has 2 aliphatic heterocycles. The molecule has 4 heterocycles. The Bertz CT molecular complexity index is 920. The Morgan fingerprint density at radius 3 is 1.74 bits per heavy atom. The van der Waals surface area contributed by atoms with Crippen LogP contribution >= 0.6 is 0 Å². The van der Waals surface area contributed by atoms with Crippen molar-refractivity contribution >= 4 is 23.0 Å². The highest BCUT2D eigenvalue weighted by Gasteiger charge is 2.21. The van der Waals surface area contributed by atoms with E-state index in [4.69, 9.17) is 16.6 Å². The molecule has 27 heavy (non-hydrogen) atoms. The molecule has 4 rings (SSSR count). The summed E-state index contributed by atoms with van der Waals surface area (Å²) in [5.74, 6) is 1.42. The molecular weight excluding hydrogens is 352 g/mol. The van der Waals surface area contributed by atoms with Crippen LogP contribution in [-0.4, -0.2) is 43.5 Å². The van der Waals surface area contributed by atoms with Crippen LogP contribution in [0.4, 0.5) is 23.0 Å². The van der Waals surface area contributed by atoms with Gasteiger partial charge in [-0.2, -0.15) is 0 Å². The van der Waals surface area contributed by atoms with Crippen molar-refractivity contribution < 1.29 is 5.11 Å². The molecule has 0 aromatic carbocycles. The normalized spacial score (nSPS) is 14.4. The lowest BCUT2D eigenvalue weighted by molar-refractivity contribution is 0.310. The SMILES string of the molecule is CCNc1c(N)c(=O)n2n1CCC2.Nc1c(NCCO)n2n(c1=O)CCC2. The van der Waals surface area contributed by atoms with Gasteiger partial charge in [-0.05, 0) is 19.8 Å². The molecule has 11 heteroatoms. The number of aromatic nitrogens is 4. The number of rotatable bonds is 5. The molecule has 0 amide bonds. The molecule has 2 aliphatic rings. The molecule has 150 valence electrons. The van der Waals surface area contributed by atoms with Crippen molar-refractivity contribution in [3.8, 4) is 0 Å². The van der Waals surface area contributed by atoms with Crippen LogP contribution in [0, 0.1) is 0 Å². The van der Waals surface area contributed by atoms with E-state index in [0.29, 0.717) is 18.1 Å². The van der Waals surface area contributed by atoms with Gasteiger partial charge in [-0.15, -0.1) is 0 Å². The summed E-state index contributed by atoms with van der Waals surface area (Å²) in [7, 11) is 0. The second-order valence-corrected chi connectivity index (χ2v) is 6.52. The standard InChI is InChI=1S/C8H14N4O2.C8H14N4O/c9-6-7(10-2-5-13)11-3-1-4-12(11)8(6)14;1-2-10-7-6(9)8(13)12-5-3-4-11(7)12/h10,13H,1-5,9H2;10H,2-5,9H2,1H3. The summed E-state index contributed by atoms with van der Waals surface area (Å²) in [6, 6.07) is 0. The van der Waals surface area contributed by atoms with Gasteiger partial charge in [-0.25, -0.2) is 9.36 Å². The second kappa shape index (κ2) is 7.82. The molecular formula is C16H28N8O3. The molecule has 11 nitrogen and oxygen atoms in total. The summed E-state index contributed by atoms with van der Waals surface area (Å²) in [6.07, 6.45) is 1.98. The van der Waals surface area contributed by atoms with Gasteiger partial charge in [0.25, 0.3) is 11.1 Å². The van der Waals surface area contributed by atoms with Gasteiger partial charge in [-0.3, -0.25) is 19.0 Å². The van der Waals surface area contributed by atoms with Crippen molar-refractivity contribution in [1.29, 1.82) is 0 Å². The second-order valence-electron chi connectivity index (χ2n) is 6.52. The lowest BCUT2D eigenvalue weighted by Crippen LogP contribution is -2.18. The van der Waals surface area contributed by atoms with E-state index in [1.165, 1.54) is 0 Å². The lowest BCUT2D eigenvalue weighted by atomic mass is 10.4. The van der Waals surface area contributed by atoms with Crippen molar-refractivity contribution in [3.63, 3.8) is 0 Å². The van der Waals surface area contributed by atoms with E-state index < -0.39 is 0 Å². The number of nitrogens with one attached hydrogen (secondary N) is 2. The van der Waals surface area contributed by atoms with Gasteiger partial charge >= 0.3 is 0 Å². The minimum Gasteiger partial charge on any atom is -0.395 e. The fraction of sp³-hybridized carbons (Fsp3) is 0.625. The average molecular weight is 380 g/mol. The summed E-state index contributed by atoms with van der Waals surface area (Å²) < 4.78 is 7.11. The Morgan fingerprint density at radius 1 is 0.852 bits per heavy atom. The van der Waals surface area contributed by atoms with E-state index in [-0.39, 0.29) is 23.4 Å². The lowest BCUT2D eigenvalue weighted by Gasteiger charge is -2.07. The minimum atomic E-state index is -0.136. The van der Waals surface area contributed by atoms with Crippen molar-refractivity contribution in [2.75, 3.05) is 41.8 Å². The zero-order valence-electron chi connectivity index (χ0n) is 15.6. The van der Waals surface area contributed by atoms with E-state index in [1.807, 2.05) is 16.3 Å². The highest BCUT2D eigenvalue weighted by Crippen LogP contribution is 2.20. The van der Waals surface area contributed by atoms with E-state index in [9.17, 15) is 9.59 Å². The summed E-state index contributed by atoms with van der Waals surface area (Å²) in [5.41, 5.74) is 11.7. The van der Waals surface area contributed by atoms with Crippen LogP contribution in [0.2, 0.25) is 0 Å². The number of anilines is 4. The van der Waals surface area contributed by atoms with Crippen LogP contribution in [0.3, 0.4) is 0 Å². The quantitative estimate of drug-likeness (QED) is 0.451. The van der Waals surface area contributed by atoms with Crippen LogP contribution in [0.5, 0.6) is 0 Å². The van der Waals surface area contributed by atoms with Crippen molar-refractivity contribution in [1.82, 2.24) is 18.7 Å². The number of aliphatic hydroxyl groups excluding tert-OH is 1. The Balaban J connectivity index is 0.000000156.